The molecule has 0 atom stereocenters. The first-order chi connectivity index (χ1) is 10.4. The number of aromatic nitrogens is 2. The Labute approximate surface area is 135 Å². The Morgan fingerprint density at radius 1 is 0.714 bits per heavy atom. The van der Waals surface area contributed by atoms with Gasteiger partial charge in [-0.1, -0.05) is 94.9 Å². The maximum atomic E-state index is 4.08. The minimum Gasteiger partial charge on any atom is -0.143 e. The third-order valence-corrected chi connectivity index (χ3v) is 4.75. The van der Waals surface area contributed by atoms with Crippen LogP contribution in [0.25, 0.3) is 0 Å². The van der Waals surface area contributed by atoms with Gasteiger partial charge >= 0.3 is 0 Å². The van der Waals surface area contributed by atoms with Crippen LogP contribution in [-0.2, 0) is 6.42 Å². The van der Waals surface area contributed by atoms with Crippen molar-refractivity contribution in [3.05, 3.63) is 11.1 Å². The Morgan fingerprint density at radius 3 is 1.62 bits per heavy atom. The molecule has 0 saturated heterocycles. The van der Waals surface area contributed by atoms with Gasteiger partial charge in [0.2, 0.25) is 0 Å². The predicted molar refractivity (Wildman–Crippen MR) is 93.9 cm³/mol. The largest absolute Gasteiger partial charge is 0.143 e. The average molecular weight is 311 g/mol. The van der Waals surface area contributed by atoms with Crippen LogP contribution in [0.3, 0.4) is 0 Å². The number of hydrogen-bond donors (Lipinski definition) is 0. The first kappa shape index (κ1) is 18.6. The highest BCUT2D eigenvalue weighted by atomic mass is 32.1. The number of nitrogens with zero attached hydrogens (tertiary/aromatic N) is 2. The second-order valence-corrected chi connectivity index (χ2v) is 6.85. The van der Waals surface area contributed by atoms with Crippen LogP contribution < -0.4 is 0 Å². The second kappa shape index (κ2) is 14.5. The fraction of sp³-hybridized carbons (Fsp3) is 0.889. The summed E-state index contributed by atoms with van der Waals surface area (Å²) in [6.07, 6.45) is 21.0. The summed E-state index contributed by atoms with van der Waals surface area (Å²) in [5.41, 5.74) is 1.18. The van der Waals surface area contributed by atoms with E-state index < -0.39 is 0 Å². The van der Waals surface area contributed by atoms with E-state index in [1.54, 1.807) is 0 Å². The highest BCUT2D eigenvalue weighted by molar-refractivity contribution is 7.03. The van der Waals surface area contributed by atoms with Crippen LogP contribution in [0.4, 0.5) is 0 Å². The molecule has 0 fully saturated rings. The second-order valence-electron chi connectivity index (χ2n) is 6.24. The first-order valence-electron chi connectivity index (χ1n) is 9.19. The minimum atomic E-state index is 1.12. The molecule has 1 heterocycles. The van der Waals surface area contributed by atoms with Gasteiger partial charge in [0.25, 0.3) is 0 Å². The molecule has 1 aromatic heterocycles. The molecule has 3 heteroatoms. The van der Waals surface area contributed by atoms with Crippen molar-refractivity contribution in [3.63, 3.8) is 0 Å². The van der Waals surface area contributed by atoms with Gasteiger partial charge in [-0.2, -0.15) is 0 Å². The SMILES string of the molecule is CCCCCCCCCCCCCCCCc1csnn1. The quantitative estimate of drug-likeness (QED) is 0.343. The molecule has 0 N–H and O–H groups in total. The average Bonchev–Trinajstić information content (AvgIpc) is 3.01. The van der Waals surface area contributed by atoms with Crippen molar-refractivity contribution in [1.29, 1.82) is 0 Å². The molecule has 0 saturated carbocycles. The summed E-state index contributed by atoms with van der Waals surface area (Å²) in [5.74, 6) is 0. The van der Waals surface area contributed by atoms with Crippen LogP contribution in [-0.4, -0.2) is 9.59 Å². The van der Waals surface area contributed by atoms with E-state index in [4.69, 9.17) is 0 Å². The van der Waals surface area contributed by atoms with Gasteiger partial charge in [0.05, 0.1) is 5.69 Å². The number of rotatable bonds is 15. The van der Waals surface area contributed by atoms with Crippen molar-refractivity contribution in [3.8, 4) is 0 Å². The normalized spacial score (nSPS) is 11.1. The summed E-state index contributed by atoms with van der Waals surface area (Å²) in [4.78, 5) is 0. The van der Waals surface area contributed by atoms with Gasteiger partial charge in [-0.25, -0.2) is 0 Å². The maximum absolute atomic E-state index is 4.08. The van der Waals surface area contributed by atoms with Crippen LogP contribution in [0.15, 0.2) is 5.38 Å². The van der Waals surface area contributed by atoms with E-state index in [1.165, 1.54) is 107 Å². The monoisotopic (exact) mass is 310 g/mol. The van der Waals surface area contributed by atoms with E-state index in [0.29, 0.717) is 0 Å². The Balaban J connectivity index is 1.69. The van der Waals surface area contributed by atoms with Gasteiger partial charge in [-0.15, -0.1) is 5.10 Å². The van der Waals surface area contributed by atoms with Crippen LogP contribution in [0.2, 0.25) is 0 Å². The van der Waals surface area contributed by atoms with Crippen LogP contribution >= 0.6 is 11.5 Å². The Bertz CT molecular complexity index is 298. The third kappa shape index (κ3) is 11.9. The van der Waals surface area contributed by atoms with Crippen LogP contribution in [0, 0.1) is 0 Å². The number of hydrogen-bond acceptors (Lipinski definition) is 3. The van der Waals surface area contributed by atoms with Gasteiger partial charge in [-0.3, -0.25) is 0 Å². The summed E-state index contributed by atoms with van der Waals surface area (Å²) in [6.45, 7) is 2.29. The molecule has 0 bridgehead atoms. The van der Waals surface area contributed by atoms with Crippen molar-refractivity contribution >= 4 is 11.5 Å². The fourth-order valence-electron chi connectivity index (χ4n) is 2.79. The highest BCUT2D eigenvalue weighted by Crippen LogP contribution is 2.13. The van der Waals surface area contributed by atoms with Gasteiger partial charge in [0.15, 0.2) is 0 Å². The molecule has 0 aliphatic rings. The van der Waals surface area contributed by atoms with Crippen LogP contribution in [0.1, 0.15) is 103 Å². The van der Waals surface area contributed by atoms with Crippen molar-refractivity contribution in [2.24, 2.45) is 0 Å². The lowest BCUT2D eigenvalue weighted by Gasteiger charge is -2.03. The van der Waals surface area contributed by atoms with E-state index >= 15 is 0 Å². The van der Waals surface area contributed by atoms with Crippen molar-refractivity contribution in [1.82, 2.24) is 9.59 Å². The standard InChI is InChI=1S/C18H34N2S/c1-2-3-4-5-6-7-8-9-10-11-12-13-14-15-16-18-17-21-20-19-18/h17H,2-16H2,1H3. The van der Waals surface area contributed by atoms with E-state index in [1.807, 2.05) is 0 Å². The Kier molecular flexibility index (Phi) is 12.8. The summed E-state index contributed by atoms with van der Waals surface area (Å²) in [7, 11) is 0. The lowest BCUT2D eigenvalue weighted by molar-refractivity contribution is 0.535. The molecule has 0 spiro atoms. The fourth-order valence-corrected chi connectivity index (χ4v) is 3.28. The zero-order valence-corrected chi connectivity index (χ0v) is 14.8. The van der Waals surface area contributed by atoms with Crippen molar-refractivity contribution in [2.75, 3.05) is 0 Å². The van der Waals surface area contributed by atoms with Crippen LogP contribution in [0.5, 0.6) is 0 Å². The highest BCUT2D eigenvalue weighted by Gasteiger charge is 1.97. The molecular weight excluding hydrogens is 276 g/mol. The maximum Gasteiger partial charge on any atom is 0.0755 e. The number of aryl methyl sites for hydroxylation is 1. The molecule has 0 aliphatic heterocycles. The molecule has 0 radical (unpaired) electrons. The molecule has 122 valence electrons. The summed E-state index contributed by atoms with van der Waals surface area (Å²) < 4.78 is 3.90. The predicted octanol–water partition coefficient (Wildman–Crippen LogP) is 6.56. The molecule has 0 unspecified atom stereocenters. The molecule has 21 heavy (non-hydrogen) atoms. The van der Waals surface area contributed by atoms with Gasteiger partial charge in [-0.05, 0) is 24.4 Å². The van der Waals surface area contributed by atoms with E-state index in [-0.39, 0.29) is 0 Å². The zero-order chi connectivity index (χ0) is 15.0. The summed E-state index contributed by atoms with van der Waals surface area (Å²) >= 11 is 1.47. The smallest absolute Gasteiger partial charge is 0.0755 e. The van der Waals surface area contributed by atoms with Gasteiger partial charge in [0.1, 0.15) is 0 Å². The molecular formula is C18H34N2S. The van der Waals surface area contributed by atoms with Gasteiger partial charge < -0.3 is 0 Å². The topological polar surface area (TPSA) is 25.8 Å². The Morgan fingerprint density at radius 2 is 1.19 bits per heavy atom. The van der Waals surface area contributed by atoms with E-state index in [0.717, 1.165) is 6.42 Å². The Hall–Kier alpha value is -0.440. The van der Waals surface area contributed by atoms with Crippen molar-refractivity contribution in [2.45, 2.75) is 103 Å². The van der Waals surface area contributed by atoms with E-state index in [9.17, 15) is 0 Å². The zero-order valence-electron chi connectivity index (χ0n) is 14.0. The van der Waals surface area contributed by atoms with Crippen molar-refractivity contribution < 1.29 is 0 Å². The first-order valence-corrected chi connectivity index (χ1v) is 10.0. The molecule has 0 aliphatic carbocycles. The van der Waals surface area contributed by atoms with Gasteiger partial charge in [0, 0.05) is 5.38 Å². The molecule has 0 amide bonds. The molecule has 1 rings (SSSR count). The molecule has 0 aromatic carbocycles. The van der Waals surface area contributed by atoms with E-state index in [2.05, 4.69) is 21.9 Å². The molecule has 1 aromatic rings. The summed E-state index contributed by atoms with van der Waals surface area (Å²) in [5, 5.41) is 6.16. The molecule has 2 nitrogen and oxygen atoms in total. The lowest BCUT2D eigenvalue weighted by atomic mass is 10.0. The minimum absolute atomic E-state index is 1.12. The summed E-state index contributed by atoms with van der Waals surface area (Å²) in [6, 6.07) is 0. The number of unbranched alkanes of at least 4 members (excludes halogenated alkanes) is 13. The lowest BCUT2D eigenvalue weighted by Crippen LogP contribution is -1.87. The third-order valence-electron chi connectivity index (χ3n) is 4.19.